The van der Waals surface area contributed by atoms with E-state index in [4.69, 9.17) is 0 Å². The Labute approximate surface area is 187 Å². The van der Waals surface area contributed by atoms with E-state index in [2.05, 4.69) is 9.97 Å². The Morgan fingerprint density at radius 1 is 1.03 bits per heavy atom. The third kappa shape index (κ3) is 4.81. The van der Waals surface area contributed by atoms with Gasteiger partial charge in [0, 0.05) is 24.7 Å². The number of fused-ring (bicyclic) bond motifs is 1. The number of thiazole rings is 1. The zero-order valence-electron chi connectivity index (χ0n) is 16.8. The van der Waals surface area contributed by atoms with Crippen molar-refractivity contribution < 1.29 is 22.0 Å². The number of carbonyl (C=O) groups excluding carboxylic acids is 1. The van der Waals surface area contributed by atoms with Gasteiger partial charge in [-0.1, -0.05) is 23.5 Å². The van der Waals surface area contributed by atoms with Crippen LogP contribution in [0.15, 0.2) is 65.8 Å². The minimum Gasteiger partial charge on any atom is -0.283 e. The minimum absolute atomic E-state index is 0.00330. The van der Waals surface area contributed by atoms with Crippen LogP contribution in [0.4, 0.5) is 13.9 Å². The molecule has 0 atom stereocenters. The number of hydrogen-bond acceptors (Lipinski definition) is 6. The number of carbonyl (C=O) groups is 1. The smallest absolute Gasteiger partial charge is 0.233 e. The molecule has 0 aliphatic rings. The maximum Gasteiger partial charge on any atom is 0.233 e. The van der Waals surface area contributed by atoms with Crippen molar-refractivity contribution >= 4 is 42.4 Å². The molecule has 0 aliphatic carbocycles. The van der Waals surface area contributed by atoms with Gasteiger partial charge in [0.25, 0.3) is 0 Å². The lowest BCUT2D eigenvalue weighted by atomic mass is 10.1. The van der Waals surface area contributed by atoms with Gasteiger partial charge < -0.3 is 0 Å². The lowest BCUT2D eigenvalue weighted by Gasteiger charge is -2.20. The zero-order chi connectivity index (χ0) is 22.9. The molecule has 0 N–H and O–H groups in total. The summed E-state index contributed by atoms with van der Waals surface area (Å²) in [5.74, 6) is -1.84. The Kier molecular flexibility index (Phi) is 5.98. The molecule has 0 unspecified atom stereocenters. The van der Waals surface area contributed by atoms with Crippen LogP contribution in [-0.2, 0) is 27.6 Å². The highest BCUT2D eigenvalue weighted by atomic mass is 32.2. The van der Waals surface area contributed by atoms with Crippen LogP contribution in [0.5, 0.6) is 0 Å². The number of aromatic nitrogens is 2. The molecule has 0 radical (unpaired) electrons. The zero-order valence-corrected chi connectivity index (χ0v) is 18.5. The maximum absolute atomic E-state index is 14.2. The standard InChI is InChI=1S/C22H17F2N3O3S2/c1-32(29,30)17-4-2-14(3-5-17)10-20(28)27(13-15-6-8-25-9-7-15)22-26-21-18(24)11-16(23)12-19(21)31-22/h2-9,11-12H,10,13H2,1H3. The molecule has 2 aromatic carbocycles. The quantitative estimate of drug-likeness (QED) is 0.420. The number of nitrogens with zero attached hydrogens (tertiary/aromatic N) is 3. The van der Waals surface area contributed by atoms with Gasteiger partial charge in [-0.15, -0.1) is 0 Å². The lowest BCUT2D eigenvalue weighted by Crippen LogP contribution is -2.31. The van der Waals surface area contributed by atoms with E-state index in [9.17, 15) is 22.0 Å². The van der Waals surface area contributed by atoms with E-state index in [1.807, 2.05) is 0 Å². The molecular formula is C22H17F2N3O3S2. The highest BCUT2D eigenvalue weighted by molar-refractivity contribution is 7.90. The van der Waals surface area contributed by atoms with Gasteiger partial charge in [0.05, 0.1) is 22.6 Å². The first-order valence-electron chi connectivity index (χ1n) is 9.44. The summed E-state index contributed by atoms with van der Waals surface area (Å²) in [6.45, 7) is 0.159. The summed E-state index contributed by atoms with van der Waals surface area (Å²) in [5, 5.41) is 0.235. The van der Waals surface area contributed by atoms with Gasteiger partial charge in [0.15, 0.2) is 20.8 Å². The van der Waals surface area contributed by atoms with Crippen molar-refractivity contribution in [2.24, 2.45) is 0 Å². The Bertz CT molecular complexity index is 1390. The summed E-state index contributed by atoms with van der Waals surface area (Å²) in [5.41, 5.74) is 1.39. The fourth-order valence-corrected chi connectivity index (χ4v) is 4.77. The molecule has 4 aromatic rings. The normalized spacial score (nSPS) is 11.6. The third-order valence-electron chi connectivity index (χ3n) is 4.73. The van der Waals surface area contributed by atoms with Crippen molar-refractivity contribution in [3.63, 3.8) is 0 Å². The van der Waals surface area contributed by atoms with Crippen LogP contribution in [0.25, 0.3) is 10.2 Å². The molecule has 6 nitrogen and oxygen atoms in total. The number of amides is 1. The Morgan fingerprint density at radius 3 is 2.38 bits per heavy atom. The van der Waals surface area contributed by atoms with Crippen molar-refractivity contribution in [1.82, 2.24) is 9.97 Å². The molecule has 0 fully saturated rings. The van der Waals surface area contributed by atoms with E-state index >= 15 is 0 Å². The molecule has 0 bridgehead atoms. The third-order valence-corrected chi connectivity index (χ3v) is 6.88. The van der Waals surface area contributed by atoms with E-state index < -0.39 is 21.5 Å². The fraction of sp³-hybridized carbons (Fsp3) is 0.136. The van der Waals surface area contributed by atoms with Crippen LogP contribution in [0.3, 0.4) is 0 Å². The van der Waals surface area contributed by atoms with E-state index in [1.54, 1.807) is 36.7 Å². The van der Waals surface area contributed by atoms with Gasteiger partial charge in [-0.3, -0.25) is 14.7 Å². The summed E-state index contributed by atoms with van der Waals surface area (Å²) in [7, 11) is -3.35. The molecule has 2 heterocycles. The van der Waals surface area contributed by atoms with Crippen LogP contribution < -0.4 is 4.90 Å². The number of halogens is 2. The van der Waals surface area contributed by atoms with Crippen LogP contribution in [0.1, 0.15) is 11.1 Å². The molecule has 4 rings (SSSR count). The number of rotatable bonds is 6. The van der Waals surface area contributed by atoms with Crippen LogP contribution in [0.2, 0.25) is 0 Å². The Morgan fingerprint density at radius 2 is 1.72 bits per heavy atom. The van der Waals surface area contributed by atoms with Gasteiger partial charge in [0.1, 0.15) is 11.3 Å². The first kappa shape index (κ1) is 22.0. The van der Waals surface area contributed by atoms with Crippen molar-refractivity contribution in [1.29, 1.82) is 0 Å². The largest absolute Gasteiger partial charge is 0.283 e. The summed E-state index contributed by atoms with van der Waals surface area (Å²) in [6.07, 6.45) is 4.27. The predicted octanol–water partition coefficient (Wildman–Crippen LogP) is 4.15. The summed E-state index contributed by atoms with van der Waals surface area (Å²) in [4.78, 5) is 23.0. The molecule has 10 heteroatoms. The van der Waals surface area contributed by atoms with Crippen LogP contribution in [-0.4, -0.2) is 30.5 Å². The molecule has 1 amide bonds. The molecule has 164 valence electrons. The summed E-state index contributed by atoms with van der Waals surface area (Å²) >= 11 is 1.02. The monoisotopic (exact) mass is 473 g/mol. The van der Waals surface area contributed by atoms with Crippen molar-refractivity contribution in [2.75, 3.05) is 11.2 Å². The number of sulfone groups is 1. The summed E-state index contributed by atoms with van der Waals surface area (Å²) in [6, 6.07) is 11.5. The molecule has 0 spiro atoms. The van der Waals surface area contributed by atoms with Crippen molar-refractivity contribution in [3.05, 3.63) is 83.7 Å². The second kappa shape index (κ2) is 8.71. The molecule has 0 saturated heterocycles. The van der Waals surface area contributed by atoms with Gasteiger partial charge in [-0.25, -0.2) is 22.2 Å². The summed E-state index contributed by atoms with van der Waals surface area (Å²) < 4.78 is 51.4. The van der Waals surface area contributed by atoms with Crippen LogP contribution in [0, 0.1) is 11.6 Å². The van der Waals surface area contributed by atoms with Crippen molar-refractivity contribution in [2.45, 2.75) is 17.9 Å². The fourth-order valence-electron chi connectivity index (χ4n) is 3.12. The highest BCUT2D eigenvalue weighted by Crippen LogP contribution is 2.32. The maximum atomic E-state index is 14.2. The van der Waals surface area contributed by atoms with E-state index in [0.717, 1.165) is 29.2 Å². The highest BCUT2D eigenvalue weighted by Gasteiger charge is 2.22. The number of hydrogen-bond donors (Lipinski definition) is 0. The SMILES string of the molecule is CS(=O)(=O)c1ccc(CC(=O)N(Cc2ccncc2)c2nc3c(F)cc(F)cc3s2)cc1. The van der Waals surface area contributed by atoms with Crippen molar-refractivity contribution in [3.8, 4) is 0 Å². The lowest BCUT2D eigenvalue weighted by molar-refractivity contribution is -0.118. The number of benzene rings is 2. The first-order chi connectivity index (χ1) is 15.2. The Balaban J connectivity index is 1.68. The molecular weight excluding hydrogens is 456 g/mol. The predicted molar refractivity (Wildman–Crippen MR) is 118 cm³/mol. The van der Waals surface area contributed by atoms with Gasteiger partial charge >= 0.3 is 0 Å². The minimum atomic E-state index is -3.35. The van der Waals surface area contributed by atoms with Gasteiger partial charge in [-0.05, 0) is 41.5 Å². The van der Waals surface area contributed by atoms with Gasteiger partial charge in [-0.2, -0.15) is 0 Å². The average Bonchev–Trinajstić information content (AvgIpc) is 3.16. The number of anilines is 1. The molecule has 2 aromatic heterocycles. The van der Waals surface area contributed by atoms with E-state index in [1.165, 1.54) is 23.1 Å². The first-order valence-corrected chi connectivity index (χ1v) is 12.2. The molecule has 0 saturated carbocycles. The topological polar surface area (TPSA) is 80.2 Å². The Hall–Kier alpha value is -3.24. The molecule has 32 heavy (non-hydrogen) atoms. The van der Waals surface area contributed by atoms with E-state index in [-0.39, 0.29) is 34.4 Å². The second-order valence-corrected chi connectivity index (χ2v) is 10.2. The molecule has 0 aliphatic heterocycles. The second-order valence-electron chi connectivity index (χ2n) is 7.16. The average molecular weight is 474 g/mol. The van der Waals surface area contributed by atoms with Crippen LogP contribution >= 0.6 is 11.3 Å². The number of pyridine rings is 1. The van der Waals surface area contributed by atoms with E-state index in [0.29, 0.717) is 10.3 Å². The van der Waals surface area contributed by atoms with Gasteiger partial charge in [0.2, 0.25) is 5.91 Å².